The van der Waals surface area contributed by atoms with E-state index in [0.29, 0.717) is 5.69 Å². The molecular weight excluding hydrogens is 250 g/mol. The largest absolute Gasteiger partial charge is 0.321 e. The molecule has 1 amide bonds. The average Bonchev–Trinajstić information content (AvgIpc) is 2.92. The van der Waals surface area contributed by atoms with Crippen molar-refractivity contribution < 1.29 is 4.79 Å². The summed E-state index contributed by atoms with van der Waals surface area (Å²) >= 11 is 1.07. The number of nitrogens with one attached hydrogen (secondary N) is 1. The number of benzene rings is 1. The van der Waals surface area contributed by atoms with E-state index in [9.17, 15) is 4.79 Å². The number of aromatic nitrogens is 2. The van der Waals surface area contributed by atoms with Gasteiger partial charge in [0.05, 0.1) is 11.1 Å². The van der Waals surface area contributed by atoms with Gasteiger partial charge in [-0.1, -0.05) is 4.49 Å². The quantitative estimate of drug-likeness (QED) is 0.876. The predicted octanol–water partition coefficient (Wildman–Crippen LogP) is 1.53. The molecule has 0 aliphatic heterocycles. The fourth-order valence-electron chi connectivity index (χ4n) is 1.27. The van der Waals surface area contributed by atoms with Crippen molar-refractivity contribution in [3.63, 3.8) is 0 Å². The molecule has 0 saturated heterocycles. The molecule has 0 spiro atoms. The van der Waals surface area contributed by atoms with Crippen LogP contribution >= 0.6 is 11.5 Å². The van der Waals surface area contributed by atoms with E-state index < -0.39 is 5.91 Å². The Labute approximate surface area is 106 Å². The second-order valence-electron chi connectivity index (χ2n) is 3.23. The fraction of sp³-hybridized carbons (Fsp3) is 0. The third kappa shape index (κ3) is 2.32. The Morgan fingerprint density at radius 2 is 2.06 bits per heavy atom. The number of nitriles is 2. The summed E-state index contributed by atoms with van der Waals surface area (Å²) in [5.41, 5.74) is 1.13. The molecule has 0 bridgehead atoms. The number of hydrogen-bond acceptors (Lipinski definition) is 6. The minimum absolute atomic E-state index is 0.211. The molecule has 0 atom stereocenters. The van der Waals surface area contributed by atoms with Crippen LogP contribution in [0.1, 0.15) is 21.6 Å². The molecule has 1 N–H and O–H groups in total. The van der Waals surface area contributed by atoms with Gasteiger partial charge < -0.3 is 5.32 Å². The number of amides is 1. The van der Waals surface area contributed by atoms with Gasteiger partial charge in [0.1, 0.15) is 12.1 Å². The van der Waals surface area contributed by atoms with Crippen LogP contribution in [-0.4, -0.2) is 15.5 Å². The SMILES string of the molecule is N#Cc1ccc(NC(=O)c2csnn2)cc1C#N. The van der Waals surface area contributed by atoms with Gasteiger partial charge in [-0.15, -0.1) is 5.10 Å². The van der Waals surface area contributed by atoms with Gasteiger partial charge in [-0.2, -0.15) is 10.5 Å². The summed E-state index contributed by atoms with van der Waals surface area (Å²) in [4.78, 5) is 11.7. The van der Waals surface area contributed by atoms with Crippen LogP contribution in [0.25, 0.3) is 0 Å². The number of rotatable bonds is 2. The molecule has 1 aromatic carbocycles. The maximum absolute atomic E-state index is 11.7. The minimum atomic E-state index is -0.405. The van der Waals surface area contributed by atoms with Gasteiger partial charge in [0.2, 0.25) is 0 Å². The molecular formula is C11H5N5OS. The molecule has 0 radical (unpaired) electrons. The smallest absolute Gasteiger partial charge is 0.277 e. The van der Waals surface area contributed by atoms with E-state index in [1.54, 1.807) is 6.07 Å². The Kier molecular flexibility index (Phi) is 3.28. The first-order chi connectivity index (χ1) is 8.74. The lowest BCUT2D eigenvalue weighted by Crippen LogP contribution is -2.12. The second-order valence-corrected chi connectivity index (χ2v) is 3.84. The molecule has 0 aliphatic rings. The van der Waals surface area contributed by atoms with Crippen molar-refractivity contribution in [2.75, 3.05) is 5.32 Å². The van der Waals surface area contributed by atoms with E-state index in [-0.39, 0.29) is 16.8 Å². The van der Waals surface area contributed by atoms with Crippen molar-refractivity contribution in [2.24, 2.45) is 0 Å². The van der Waals surface area contributed by atoms with E-state index in [1.807, 2.05) is 12.1 Å². The first-order valence-electron chi connectivity index (χ1n) is 4.77. The normalized spacial score (nSPS) is 9.22. The van der Waals surface area contributed by atoms with Crippen molar-refractivity contribution in [3.05, 3.63) is 40.4 Å². The van der Waals surface area contributed by atoms with Crippen LogP contribution in [0, 0.1) is 22.7 Å². The van der Waals surface area contributed by atoms with Crippen LogP contribution in [-0.2, 0) is 0 Å². The van der Waals surface area contributed by atoms with Gasteiger partial charge in [0, 0.05) is 11.1 Å². The predicted molar refractivity (Wildman–Crippen MR) is 63.7 cm³/mol. The first kappa shape index (κ1) is 11.7. The van der Waals surface area contributed by atoms with Crippen molar-refractivity contribution >= 4 is 23.1 Å². The van der Waals surface area contributed by atoms with Crippen LogP contribution in [0.5, 0.6) is 0 Å². The molecule has 1 aromatic heterocycles. The molecule has 18 heavy (non-hydrogen) atoms. The van der Waals surface area contributed by atoms with Crippen LogP contribution in [0.3, 0.4) is 0 Å². The zero-order chi connectivity index (χ0) is 13.0. The highest BCUT2D eigenvalue weighted by atomic mass is 32.1. The summed E-state index contributed by atoms with van der Waals surface area (Å²) in [6.07, 6.45) is 0. The minimum Gasteiger partial charge on any atom is -0.321 e. The van der Waals surface area contributed by atoms with E-state index in [2.05, 4.69) is 14.9 Å². The maximum atomic E-state index is 11.7. The number of anilines is 1. The average molecular weight is 255 g/mol. The van der Waals surface area contributed by atoms with Gasteiger partial charge in [-0.25, -0.2) is 0 Å². The highest BCUT2D eigenvalue weighted by molar-refractivity contribution is 7.03. The lowest BCUT2D eigenvalue weighted by atomic mass is 10.1. The Morgan fingerprint density at radius 1 is 1.28 bits per heavy atom. The Hall–Kier alpha value is -2.77. The fourth-order valence-corrected chi connectivity index (χ4v) is 1.71. The van der Waals surface area contributed by atoms with Crippen molar-refractivity contribution in [2.45, 2.75) is 0 Å². The summed E-state index contributed by atoms with van der Waals surface area (Å²) in [5, 5.41) is 25.3. The Bertz CT molecular complexity index is 666. The molecule has 0 unspecified atom stereocenters. The molecule has 0 saturated carbocycles. The standard InChI is InChI=1S/C11H5N5OS/c12-4-7-1-2-9(3-8(7)5-13)14-11(17)10-6-18-16-15-10/h1-3,6H,(H,14,17). The van der Waals surface area contributed by atoms with Gasteiger partial charge >= 0.3 is 0 Å². The van der Waals surface area contributed by atoms with E-state index >= 15 is 0 Å². The second kappa shape index (κ2) is 5.04. The molecule has 1 heterocycles. The van der Waals surface area contributed by atoms with Crippen LogP contribution in [0.4, 0.5) is 5.69 Å². The van der Waals surface area contributed by atoms with E-state index in [4.69, 9.17) is 10.5 Å². The summed E-state index contributed by atoms with van der Waals surface area (Å²) in [6, 6.07) is 8.27. The summed E-state index contributed by atoms with van der Waals surface area (Å²) in [6.45, 7) is 0. The van der Waals surface area contributed by atoms with E-state index in [0.717, 1.165) is 11.5 Å². The zero-order valence-electron chi connectivity index (χ0n) is 8.91. The zero-order valence-corrected chi connectivity index (χ0v) is 9.73. The third-order valence-electron chi connectivity index (χ3n) is 2.11. The van der Waals surface area contributed by atoms with Crippen LogP contribution in [0.15, 0.2) is 23.6 Å². The topological polar surface area (TPSA) is 102 Å². The Morgan fingerprint density at radius 3 is 2.67 bits per heavy atom. The summed E-state index contributed by atoms with van der Waals surface area (Å²) in [7, 11) is 0. The van der Waals surface area contributed by atoms with Crippen molar-refractivity contribution in [3.8, 4) is 12.1 Å². The van der Waals surface area contributed by atoms with Crippen LogP contribution in [0.2, 0.25) is 0 Å². The number of carbonyl (C=O) groups is 1. The molecule has 7 heteroatoms. The maximum Gasteiger partial charge on any atom is 0.277 e. The number of carbonyl (C=O) groups excluding carboxylic acids is 1. The van der Waals surface area contributed by atoms with Gasteiger partial charge in [0.25, 0.3) is 5.91 Å². The first-order valence-corrected chi connectivity index (χ1v) is 5.61. The van der Waals surface area contributed by atoms with E-state index in [1.165, 1.54) is 17.5 Å². The number of hydrogen-bond donors (Lipinski definition) is 1. The Balaban J connectivity index is 2.24. The molecule has 0 fully saturated rings. The summed E-state index contributed by atoms with van der Waals surface area (Å²) in [5.74, 6) is -0.405. The molecule has 0 aliphatic carbocycles. The number of nitrogens with zero attached hydrogens (tertiary/aromatic N) is 4. The highest BCUT2D eigenvalue weighted by Crippen LogP contribution is 2.15. The lowest BCUT2D eigenvalue weighted by Gasteiger charge is -2.03. The molecule has 2 rings (SSSR count). The monoisotopic (exact) mass is 255 g/mol. The third-order valence-corrected chi connectivity index (χ3v) is 2.62. The molecule has 2 aromatic rings. The highest BCUT2D eigenvalue weighted by Gasteiger charge is 2.10. The van der Waals surface area contributed by atoms with Gasteiger partial charge in [-0.05, 0) is 29.7 Å². The summed E-state index contributed by atoms with van der Waals surface area (Å²) < 4.78 is 3.58. The molecule has 86 valence electrons. The van der Waals surface area contributed by atoms with Crippen molar-refractivity contribution in [1.82, 2.24) is 9.59 Å². The lowest BCUT2D eigenvalue weighted by molar-refractivity contribution is 0.102. The van der Waals surface area contributed by atoms with Crippen LogP contribution < -0.4 is 5.32 Å². The van der Waals surface area contributed by atoms with Crippen molar-refractivity contribution in [1.29, 1.82) is 10.5 Å². The van der Waals surface area contributed by atoms with Gasteiger partial charge in [0.15, 0.2) is 5.69 Å². The van der Waals surface area contributed by atoms with Gasteiger partial charge in [-0.3, -0.25) is 4.79 Å². The molecule has 6 nitrogen and oxygen atoms in total.